The maximum atomic E-state index is 3.73. The molecule has 0 nitrogen and oxygen atoms in total. The molecule has 1 fully saturated rings. The molecule has 94 valence electrons. The molecule has 0 spiro atoms. The van der Waals surface area contributed by atoms with E-state index in [1.165, 1.54) is 35.6 Å². The van der Waals surface area contributed by atoms with Crippen LogP contribution in [-0.2, 0) is 6.42 Å². The minimum atomic E-state index is 0.421. The van der Waals surface area contributed by atoms with E-state index in [0.29, 0.717) is 5.41 Å². The van der Waals surface area contributed by atoms with Gasteiger partial charge in [0, 0.05) is 5.33 Å². The molecule has 0 heterocycles. The van der Waals surface area contributed by atoms with Crippen molar-refractivity contribution in [2.75, 3.05) is 5.33 Å². The van der Waals surface area contributed by atoms with Crippen LogP contribution in [0.15, 0.2) is 42.5 Å². The first-order valence-corrected chi connectivity index (χ1v) is 7.88. The van der Waals surface area contributed by atoms with E-state index in [2.05, 4.69) is 65.3 Å². The van der Waals surface area contributed by atoms with E-state index in [-0.39, 0.29) is 0 Å². The van der Waals surface area contributed by atoms with E-state index in [1.807, 2.05) is 0 Å². The molecule has 0 amide bonds. The lowest BCUT2D eigenvalue weighted by molar-refractivity contribution is 0.320. The summed E-state index contributed by atoms with van der Waals surface area (Å²) < 4.78 is 0. The van der Waals surface area contributed by atoms with Gasteiger partial charge in [0.1, 0.15) is 0 Å². The van der Waals surface area contributed by atoms with Crippen LogP contribution in [0.4, 0.5) is 0 Å². The first-order valence-electron chi connectivity index (χ1n) is 6.75. The summed E-state index contributed by atoms with van der Waals surface area (Å²) in [5, 5.41) is 3.89. The third-order valence-electron chi connectivity index (χ3n) is 4.34. The van der Waals surface area contributed by atoms with E-state index >= 15 is 0 Å². The summed E-state index contributed by atoms with van der Waals surface area (Å²) in [6, 6.07) is 15.4. The van der Waals surface area contributed by atoms with Gasteiger partial charge in [0.25, 0.3) is 0 Å². The Morgan fingerprint density at radius 3 is 2.56 bits per heavy atom. The van der Waals surface area contributed by atoms with Gasteiger partial charge in [0.05, 0.1) is 0 Å². The SMILES string of the molecule is CC(CBr)(Cc1cccc2ccccc12)C1CC1. The highest BCUT2D eigenvalue weighted by Gasteiger charge is 2.40. The lowest BCUT2D eigenvalue weighted by atomic mass is 9.80. The van der Waals surface area contributed by atoms with Gasteiger partial charge in [-0.3, -0.25) is 0 Å². The zero-order valence-electron chi connectivity index (χ0n) is 10.8. The van der Waals surface area contributed by atoms with E-state index in [1.54, 1.807) is 0 Å². The molecule has 1 heteroatoms. The summed E-state index contributed by atoms with van der Waals surface area (Å²) in [5.41, 5.74) is 1.92. The molecule has 0 N–H and O–H groups in total. The Kier molecular flexibility index (Phi) is 3.19. The highest BCUT2D eigenvalue weighted by molar-refractivity contribution is 9.09. The van der Waals surface area contributed by atoms with Crippen molar-refractivity contribution in [2.24, 2.45) is 11.3 Å². The zero-order chi connectivity index (χ0) is 12.6. The Hall–Kier alpha value is -0.820. The van der Waals surface area contributed by atoms with Crippen molar-refractivity contribution in [1.29, 1.82) is 0 Å². The van der Waals surface area contributed by atoms with Gasteiger partial charge in [-0.2, -0.15) is 0 Å². The number of halogens is 1. The molecule has 1 aliphatic carbocycles. The Morgan fingerprint density at radius 2 is 1.83 bits per heavy atom. The highest BCUT2D eigenvalue weighted by Crippen LogP contribution is 2.48. The van der Waals surface area contributed by atoms with Crippen molar-refractivity contribution in [2.45, 2.75) is 26.2 Å². The van der Waals surface area contributed by atoms with Gasteiger partial charge in [-0.05, 0) is 46.9 Å². The second-order valence-electron chi connectivity index (χ2n) is 5.88. The second kappa shape index (κ2) is 4.70. The van der Waals surface area contributed by atoms with Crippen LogP contribution in [-0.4, -0.2) is 5.33 Å². The summed E-state index contributed by atoms with van der Waals surface area (Å²) in [7, 11) is 0. The van der Waals surface area contributed by atoms with Gasteiger partial charge in [-0.15, -0.1) is 0 Å². The molecule has 1 unspecified atom stereocenters. The maximum Gasteiger partial charge on any atom is 0.00911 e. The van der Waals surface area contributed by atoms with Crippen LogP contribution in [0.2, 0.25) is 0 Å². The predicted molar refractivity (Wildman–Crippen MR) is 82.3 cm³/mol. The third kappa shape index (κ3) is 2.21. The zero-order valence-corrected chi connectivity index (χ0v) is 12.4. The largest absolute Gasteiger partial charge is 0.0922 e. The lowest BCUT2D eigenvalue weighted by Gasteiger charge is -2.28. The third-order valence-corrected chi connectivity index (χ3v) is 5.62. The number of fused-ring (bicyclic) bond motifs is 1. The fourth-order valence-electron chi connectivity index (χ4n) is 2.96. The number of hydrogen-bond acceptors (Lipinski definition) is 0. The second-order valence-corrected chi connectivity index (χ2v) is 6.44. The Bertz CT molecular complexity index is 551. The first kappa shape index (κ1) is 12.2. The van der Waals surface area contributed by atoms with E-state index in [4.69, 9.17) is 0 Å². The van der Waals surface area contributed by atoms with E-state index in [9.17, 15) is 0 Å². The van der Waals surface area contributed by atoms with Gasteiger partial charge < -0.3 is 0 Å². The summed E-state index contributed by atoms with van der Waals surface area (Å²) in [6.07, 6.45) is 4.00. The van der Waals surface area contributed by atoms with Crippen LogP contribution in [0.1, 0.15) is 25.3 Å². The van der Waals surface area contributed by atoms with Crippen LogP contribution in [0.25, 0.3) is 10.8 Å². The minimum Gasteiger partial charge on any atom is -0.0922 e. The van der Waals surface area contributed by atoms with Crippen molar-refractivity contribution >= 4 is 26.7 Å². The number of rotatable bonds is 4. The van der Waals surface area contributed by atoms with E-state index in [0.717, 1.165) is 11.2 Å². The highest BCUT2D eigenvalue weighted by atomic mass is 79.9. The summed E-state index contributed by atoms with van der Waals surface area (Å²) in [6.45, 7) is 2.43. The monoisotopic (exact) mass is 302 g/mol. The quantitative estimate of drug-likeness (QED) is 0.682. The molecule has 1 aliphatic rings. The fraction of sp³-hybridized carbons (Fsp3) is 0.412. The molecule has 0 aliphatic heterocycles. The van der Waals surface area contributed by atoms with Crippen molar-refractivity contribution in [3.63, 3.8) is 0 Å². The fourth-order valence-corrected chi connectivity index (χ4v) is 3.62. The molecule has 3 rings (SSSR count). The molecule has 1 atom stereocenters. The van der Waals surface area contributed by atoms with Gasteiger partial charge >= 0.3 is 0 Å². The van der Waals surface area contributed by atoms with Gasteiger partial charge in [0.2, 0.25) is 0 Å². The summed E-state index contributed by atoms with van der Waals surface area (Å²) in [5.74, 6) is 0.913. The average Bonchev–Trinajstić information content (AvgIpc) is 3.24. The smallest absolute Gasteiger partial charge is 0.00911 e. The Balaban J connectivity index is 1.99. The average molecular weight is 303 g/mol. The van der Waals surface area contributed by atoms with Crippen molar-refractivity contribution in [1.82, 2.24) is 0 Å². The minimum absolute atomic E-state index is 0.421. The number of alkyl halides is 1. The molecule has 0 saturated heterocycles. The standard InChI is InChI=1S/C17H19Br/c1-17(12-18,15-9-10-15)11-14-7-4-6-13-5-2-3-8-16(13)14/h2-8,15H,9-12H2,1H3. The lowest BCUT2D eigenvalue weighted by Crippen LogP contribution is -2.24. The molecule has 2 aromatic carbocycles. The summed E-state index contributed by atoms with van der Waals surface area (Å²) >= 11 is 3.73. The number of hydrogen-bond donors (Lipinski definition) is 0. The first-order chi connectivity index (χ1) is 8.73. The van der Waals surface area contributed by atoms with E-state index < -0.39 is 0 Å². The van der Waals surface area contributed by atoms with Crippen LogP contribution in [0.5, 0.6) is 0 Å². The molecular formula is C17H19Br. The van der Waals surface area contributed by atoms with Crippen LogP contribution in [0, 0.1) is 11.3 Å². The Labute approximate surface area is 118 Å². The van der Waals surface area contributed by atoms with Crippen LogP contribution < -0.4 is 0 Å². The van der Waals surface area contributed by atoms with Crippen LogP contribution >= 0.6 is 15.9 Å². The summed E-state index contributed by atoms with van der Waals surface area (Å²) in [4.78, 5) is 0. The normalized spacial score (nSPS) is 18.8. The Morgan fingerprint density at radius 1 is 1.11 bits per heavy atom. The van der Waals surface area contributed by atoms with Gasteiger partial charge in [-0.25, -0.2) is 0 Å². The molecular weight excluding hydrogens is 284 g/mol. The van der Waals surface area contributed by atoms with Crippen molar-refractivity contribution in [3.8, 4) is 0 Å². The van der Waals surface area contributed by atoms with Gasteiger partial charge in [-0.1, -0.05) is 65.3 Å². The molecule has 18 heavy (non-hydrogen) atoms. The van der Waals surface area contributed by atoms with Crippen molar-refractivity contribution < 1.29 is 0 Å². The molecule has 1 saturated carbocycles. The molecule has 2 aromatic rings. The topological polar surface area (TPSA) is 0 Å². The van der Waals surface area contributed by atoms with Gasteiger partial charge in [0.15, 0.2) is 0 Å². The van der Waals surface area contributed by atoms with Crippen LogP contribution in [0.3, 0.4) is 0 Å². The molecule has 0 aromatic heterocycles. The molecule has 0 bridgehead atoms. The number of benzene rings is 2. The maximum absolute atomic E-state index is 3.73. The van der Waals surface area contributed by atoms with Crippen molar-refractivity contribution in [3.05, 3.63) is 48.0 Å². The molecule has 0 radical (unpaired) electrons. The predicted octanol–water partition coefficient (Wildman–Crippen LogP) is 5.19.